The lowest BCUT2D eigenvalue weighted by Crippen LogP contribution is -2.03. The van der Waals surface area contributed by atoms with E-state index in [-0.39, 0.29) is 12.1 Å². The fourth-order valence-corrected chi connectivity index (χ4v) is 2.15. The Morgan fingerprint density at radius 3 is 2.32 bits per heavy atom. The lowest BCUT2D eigenvalue weighted by atomic mass is 10.1. The monoisotopic (exact) mass is 339 g/mol. The van der Waals surface area contributed by atoms with Crippen LogP contribution < -0.4 is 0 Å². The van der Waals surface area contributed by atoms with Gasteiger partial charge in [0.1, 0.15) is 6.54 Å². The van der Waals surface area contributed by atoms with Crippen LogP contribution in [0.5, 0.6) is 17.2 Å². The molecule has 5 nitrogen and oxygen atoms in total. The first-order valence-electron chi connectivity index (χ1n) is 6.11. The van der Waals surface area contributed by atoms with Gasteiger partial charge in [-0.25, -0.2) is 0 Å². The Morgan fingerprint density at radius 2 is 1.73 bits per heavy atom. The van der Waals surface area contributed by atoms with Crippen molar-refractivity contribution < 1.29 is 20.1 Å². The summed E-state index contributed by atoms with van der Waals surface area (Å²) in [6.45, 7) is -0.206. The van der Waals surface area contributed by atoms with Gasteiger partial charge >= 0.3 is 0 Å². The minimum atomic E-state index is -0.673. The zero-order valence-corrected chi connectivity index (χ0v) is 12.6. The Balaban J connectivity index is 2.11. The molecule has 0 unspecified atom stereocenters. The minimum absolute atomic E-state index is 0.0344. The highest BCUT2D eigenvalue weighted by Crippen LogP contribution is 2.35. The topological polar surface area (TPSA) is 90.1 Å². The normalized spacial score (nSPS) is 11.0. The van der Waals surface area contributed by atoms with Gasteiger partial charge in [0.2, 0.25) is 0 Å². The van der Waals surface area contributed by atoms with Gasteiger partial charge in [-0.05, 0) is 24.3 Å². The molecule has 0 spiro atoms. The number of aliphatic imine (C=N–C) groups is 1. The quantitative estimate of drug-likeness (QED) is 0.452. The molecule has 22 heavy (non-hydrogen) atoms. The van der Waals surface area contributed by atoms with Gasteiger partial charge in [0.25, 0.3) is 0 Å². The van der Waals surface area contributed by atoms with Gasteiger partial charge in [-0.15, -0.1) is 0 Å². The molecule has 0 amide bonds. The van der Waals surface area contributed by atoms with Crippen molar-refractivity contribution in [2.24, 2.45) is 4.99 Å². The van der Waals surface area contributed by atoms with Crippen LogP contribution in [-0.4, -0.2) is 33.9 Å². The number of phenols is 3. The molecule has 2 rings (SSSR count). The van der Waals surface area contributed by atoms with Crippen LogP contribution in [0.1, 0.15) is 15.9 Å². The standard InChI is InChI=1S/C15H11Cl2NO4/c16-10-2-1-8(11(17)5-10)6-18-7-14(21)9-3-12(19)15(22)13(20)4-9/h1-6,19-20,22H,7H2. The third kappa shape index (κ3) is 3.69. The number of ketones is 1. The third-order valence-electron chi connectivity index (χ3n) is 2.82. The van der Waals surface area contributed by atoms with E-state index in [1.165, 1.54) is 6.21 Å². The number of Topliss-reactive ketones (excluding diaryl/α,β-unsaturated/α-hetero) is 1. The Bertz CT molecular complexity index is 736. The molecule has 0 bridgehead atoms. The summed E-state index contributed by atoms with van der Waals surface area (Å²) in [5, 5.41) is 28.9. The molecular weight excluding hydrogens is 329 g/mol. The van der Waals surface area contributed by atoms with Crippen molar-refractivity contribution in [1.82, 2.24) is 0 Å². The molecule has 0 saturated heterocycles. The van der Waals surface area contributed by atoms with E-state index in [4.69, 9.17) is 23.2 Å². The Kier molecular flexibility index (Phi) is 4.90. The predicted octanol–water partition coefficient (Wildman–Crippen LogP) is 3.41. The molecule has 2 aromatic carbocycles. The van der Waals surface area contributed by atoms with Gasteiger partial charge in [0.05, 0.1) is 5.02 Å². The van der Waals surface area contributed by atoms with E-state index in [0.717, 1.165) is 12.1 Å². The molecule has 114 valence electrons. The van der Waals surface area contributed by atoms with E-state index in [1.807, 2.05) is 0 Å². The van der Waals surface area contributed by atoms with Crippen LogP contribution in [0, 0.1) is 0 Å². The molecule has 0 aromatic heterocycles. The van der Waals surface area contributed by atoms with Crippen molar-refractivity contribution in [2.75, 3.05) is 6.54 Å². The largest absolute Gasteiger partial charge is 0.504 e. The summed E-state index contributed by atoms with van der Waals surface area (Å²) in [7, 11) is 0. The van der Waals surface area contributed by atoms with E-state index < -0.39 is 23.0 Å². The van der Waals surface area contributed by atoms with Crippen molar-refractivity contribution in [2.45, 2.75) is 0 Å². The van der Waals surface area contributed by atoms with Gasteiger partial charge < -0.3 is 15.3 Å². The molecule has 0 atom stereocenters. The van der Waals surface area contributed by atoms with E-state index in [1.54, 1.807) is 18.2 Å². The van der Waals surface area contributed by atoms with Crippen LogP contribution in [-0.2, 0) is 0 Å². The van der Waals surface area contributed by atoms with E-state index in [2.05, 4.69) is 4.99 Å². The van der Waals surface area contributed by atoms with Gasteiger partial charge in [-0.2, -0.15) is 0 Å². The number of rotatable bonds is 4. The highest BCUT2D eigenvalue weighted by atomic mass is 35.5. The smallest absolute Gasteiger partial charge is 0.200 e. The summed E-state index contributed by atoms with van der Waals surface area (Å²) in [6, 6.07) is 6.98. The number of halogens is 2. The zero-order chi connectivity index (χ0) is 16.3. The number of phenolic OH excluding ortho intramolecular Hbond substituents is 3. The predicted molar refractivity (Wildman–Crippen MR) is 84.7 cm³/mol. The van der Waals surface area contributed by atoms with Gasteiger partial charge in [0, 0.05) is 22.4 Å². The Labute approximate surface area is 136 Å². The second-order valence-corrected chi connectivity index (χ2v) is 5.27. The summed E-state index contributed by atoms with van der Waals surface area (Å²) in [4.78, 5) is 15.9. The molecule has 0 aliphatic rings. The number of nitrogens with zero attached hydrogens (tertiary/aromatic N) is 1. The minimum Gasteiger partial charge on any atom is -0.504 e. The number of carbonyl (C=O) groups excluding carboxylic acids is 1. The number of benzene rings is 2. The highest BCUT2D eigenvalue weighted by Gasteiger charge is 2.12. The fourth-order valence-electron chi connectivity index (χ4n) is 1.69. The summed E-state index contributed by atoms with van der Waals surface area (Å²) >= 11 is 11.7. The molecule has 2 aromatic rings. The van der Waals surface area contributed by atoms with Crippen molar-refractivity contribution in [1.29, 1.82) is 0 Å². The maximum absolute atomic E-state index is 11.9. The molecule has 0 aliphatic carbocycles. The maximum atomic E-state index is 11.9. The van der Waals surface area contributed by atoms with Gasteiger partial charge in [0.15, 0.2) is 23.0 Å². The summed E-state index contributed by atoms with van der Waals surface area (Å²) < 4.78 is 0. The number of aromatic hydroxyl groups is 3. The molecule has 0 heterocycles. The van der Waals surface area contributed by atoms with Crippen LogP contribution in [0.25, 0.3) is 0 Å². The zero-order valence-electron chi connectivity index (χ0n) is 11.1. The van der Waals surface area contributed by atoms with E-state index >= 15 is 0 Å². The van der Waals surface area contributed by atoms with Gasteiger partial charge in [-0.3, -0.25) is 9.79 Å². The van der Waals surface area contributed by atoms with Crippen molar-refractivity contribution in [3.8, 4) is 17.2 Å². The average molecular weight is 340 g/mol. The summed E-state index contributed by atoms with van der Waals surface area (Å²) in [5.41, 5.74) is 0.641. The molecule has 0 aliphatic heterocycles. The highest BCUT2D eigenvalue weighted by molar-refractivity contribution is 6.36. The average Bonchev–Trinajstić information content (AvgIpc) is 2.46. The number of hydrogen-bond acceptors (Lipinski definition) is 5. The number of hydrogen-bond donors (Lipinski definition) is 3. The first kappa shape index (κ1) is 16.1. The third-order valence-corrected chi connectivity index (χ3v) is 3.38. The van der Waals surface area contributed by atoms with Crippen LogP contribution in [0.4, 0.5) is 0 Å². The first-order chi connectivity index (χ1) is 10.4. The number of carbonyl (C=O) groups is 1. The fraction of sp³-hybridized carbons (Fsp3) is 0.0667. The molecule has 0 fully saturated rings. The van der Waals surface area contributed by atoms with Crippen LogP contribution in [0.15, 0.2) is 35.3 Å². The van der Waals surface area contributed by atoms with Gasteiger partial charge in [-0.1, -0.05) is 29.3 Å². The molecule has 3 N–H and O–H groups in total. The second-order valence-electron chi connectivity index (χ2n) is 4.42. The SMILES string of the molecule is O=C(CN=Cc1ccc(Cl)cc1Cl)c1cc(O)c(O)c(O)c1. The van der Waals surface area contributed by atoms with Crippen molar-refractivity contribution in [3.63, 3.8) is 0 Å². The van der Waals surface area contributed by atoms with Crippen molar-refractivity contribution in [3.05, 3.63) is 51.5 Å². The van der Waals surface area contributed by atoms with Crippen LogP contribution in [0.2, 0.25) is 10.0 Å². The van der Waals surface area contributed by atoms with Crippen LogP contribution >= 0.6 is 23.2 Å². The summed E-state index contributed by atoms with van der Waals surface area (Å²) in [6.07, 6.45) is 1.43. The lowest BCUT2D eigenvalue weighted by Gasteiger charge is -2.04. The Morgan fingerprint density at radius 1 is 1.09 bits per heavy atom. The van der Waals surface area contributed by atoms with E-state index in [0.29, 0.717) is 15.6 Å². The van der Waals surface area contributed by atoms with Crippen molar-refractivity contribution >= 4 is 35.2 Å². The molecule has 7 heteroatoms. The Hall–Kier alpha value is -2.24. The molecule has 0 saturated carbocycles. The van der Waals surface area contributed by atoms with E-state index in [9.17, 15) is 20.1 Å². The molecule has 0 radical (unpaired) electrons. The van der Waals surface area contributed by atoms with Crippen LogP contribution in [0.3, 0.4) is 0 Å². The maximum Gasteiger partial charge on any atom is 0.200 e. The molecular formula is C15H11Cl2NO4. The first-order valence-corrected chi connectivity index (χ1v) is 6.87. The lowest BCUT2D eigenvalue weighted by molar-refractivity contribution is 0.100. The summed E-state index contributed by atoms with van der Waals surface area (Å²) in [5.74, 6) is -2.26. The second kappa shape index (κ2) is 6.68.